The van der Waals surface area contributed by atoms with E-state index in [0.717, 1.165) is 35.7 Å². The Hall–Kier alpha value is -2.31. The maximum atomic E-state index is 12.8. The van der Waals surface area contributed by atoms with Crippen molar-refractivity contribution in [2.45, 2.75) is 17.7 Å². The lowest BCUT2D eigenvalue weighted by Gasteiger charge is -2.30. The zero-order valence-electron chi connectivity index (χ0n) is 15.8. The first-order valence-corrected chi connectivity index (χ1v) is 10.3. The highest BCUT2D eigenvalue weighted by atomic mass is 32.2. The molecule has 27 heavy (non-hydrogen) atoms. The Morgan fingerprint density at radius 2 is 1.85 bits per heavy atom. The lowest BCUT2D eigenvalue weighted by atomic mass is 10.0. The van der Waals surface area contributed by atoms with E-state index in [0.29, 0.717) is 0 Å². The first-order valence-electron chi connectivity index (χ1n) is 9.08. The highest BCUT2D eigenvalue weighted by Crippen LogP contribution is 2.27. The topological polar surface area (TPSA) is 52.7 Å². The Labute approximate surface area is 164 Å². The molecule has 0 spiro atoms. The Kier molecular flexibility index (Phi) is 6.53. The number of benzene rings is 2. The zero-order chi connectivity index (χ0) is 19.2. The van der Waals surface area contributed by atoms with Crippen LogP contribution in [0.25, 0.3) is 0 Å². The smallest absolute Gasteiger partial charge is 0.241 e. The summed E-state index contributed by atoms with van der Waals surface area (Å²) >= 11 is 1.59. The quantitative estimate of drug-likeness (QED) is 0.778. The molecule has 0 fully saturated rings. The number of hydrogen-bond donors (Lipinski definition) is 1. The molecule has 1 aliphatic rings. The van der Waals surface area contributed by atoms with E-state index >= 15 is 0 Å². The predicted octanol–water partition coefficient (Wildman–Crippen LogP) is 3.26. The second-order valence-corrected chi connectivity index (χ2v) is 7.55. The number of carbonyl (C=O) groups is 2. The first-order chi connectivity index (χ1) is 13.1. The monoisotopic (exact) mass is 383 g/mol. The number of nitrogens with zero attached hydrogens (tertiary/aromatic N) is 2. The van der Waals surface area contributed by atoms with Crippen molar-refractivity contribution < 1.29 is 9.59 Å². The number of carbonyl (C=O) groups excluding carboxylic acids is 2. The highest BCUT2D eigenvalue weighted by molar-refractivity contribution is 7.98. The number of hydrogen-bond acceptors (Lipinski definition) is 4. The van der Waals surface area contributed by atoms with Crippen molar-refractivity contribution in [1.29, 1.82) is 0 Å². The van der Waals surface area contributed by atoms with Crippen LogP contribution in [-0.2, 0) is 16.0 Å². The third-order valence-electron chi connectivity index (χ3n) is 4.61. The Balaban J connectivity index is 1.57. The van der Waals surface area contributed by atoms with Crippen LogP contribution in [0.1, 0.15) is 12.0 Å². The summed E-state index contributed by atoms with van der Waals surface area (Å²) in [5.74, 6) is -0.0900. The van der Waals surface area contributed by atoms with Gasteiger partial charge in [0.25, 0.3) is 0 Å². The molecule has 1 N–H and O–H groups in total. The lowest BCUT2D eigenvalue weighted by Crippen LogP contribution is -2.43. The molecule has 2 aromatic carbocycles. The summed E-state index contributed by atoms with van der Waals surface area (Å²) in [5, 5.41) is 2.93. The maximum absolute atomic E-state index is 12.8. The molecule has 0 unspecified atom stereocenters. The summed E-state index contributed by atoms with van der Waals surface area (Å²) in [6.45, 7) is 1.12. The molecule has 5 nitrogen and oxygen atoms in total. The van der Waals surface area contributed by atoms with Crippen molar-refractivity contribution in [3.8, 4) is 0 Å². The molecule has 142 valence electrons. The van der Waals surface area contributed by atoms with Crippen LogP contribution >= 0.6 is 11.8 Å². The molecule has 0 bridgehead atoms. The normalized spacial score (nSPS) is 13.4. The summed E-state index contributed by atoms with van der Waals surface area (Å²) in [6.07, 6.45) is 3.96. The van der Waals surface area contributed by atoms with E-state index in [1.165, 1.54) is 5.56 Å². The van der Waals surface area contributed by atoms with E-state index in [1.807, 2.05) is 53.6 Å². The van der Waals surface area contributed by atoms with Gasteiger partial charge >= 0.3 is 0 Å². The van der Waals surface area contributed by atoms with Gasteiger partial charge in [0, 0.05) is 17.1 Å². The minimum Gasteiger partial charge on any atom is -0.324 e. The zero-order valence-corrected chi connectivity index (χ0v) is 16.6. The van der Waals surface area contributed by atoms with Gasteiger partial charge in [0.1, 0.15) is 0 Å². The summed E-state index contributed by atoms with van der Waals surface area (Å²) in [6, 6.07) is 15.8. The summed E-state index contributed by atoms with van der Waals surface area (Å²) in [5.41, 5.74) is 3.02. The van der Waals surface area contributed by atoms with Gasteiger partial charge in [-0.15, -0.1) is 11.8 Å². The third kappa shape index (κ3) is 4.90. The van der Waals surface area contributed by atoms with E-state index in [2.05, 4.69) is 11.4 Å². The second-order valence-electron chi connectivity index (χ2n) is 6.70. The van der Waals surface area contributed by atoms with Crippen LogP contribution in [0.3, 0.4) is 0 Å². The minimum atomic E-state index is -0.120. The fourth-order valence-electron chi connectivity index (χ4n) is 3.35. The van der Waals surface area contributed by atoms with Gasteiger partial charge in [-0.25, -0.2) is 0 Å². The molecule has 2 aromatic rings. The number of anilines is 2. The van der Waals surface area contributed by atoms with Gasteiger partial charge < -0.3 is 10.2 Å². The van der Waals surface area contributed by atoms with Gasteiger partial charge in [-0.05, 0) is 49.9 Å². The molecule has 0 aliphatic carbocycles. The van der Waals surface area contributed by atoms with Crippen LogP contribution in [0.4, 0.5) is 11.4 Å². The van der Waals surface area contributed by atoms with Crippen molar-refractivity contribution >= 4 is 35.0 Å². The molecule has 0 radical (unpaired) electrons. The predicted molar refractivity (Wildman–Crippen MR) is 111 cm³/mol. The molecule has 3 rings (SSSR count). The van der Waals surface area contributed by atoms with Gasteiger partial charge in [-0.1, -0.05) is 30.3 Å². The summed E-state index contributed by atoms with van der Waals surface area (Å²) < 4.78 is 0. The van der Waals surface area contributed by atoms with Crippen LogP contribution in [0.2, 0.25) is 0 Å². The molecule has 2 amide bonds. The largest absolute Gasteiger partial charge is 0.324 e. The number of para-hydroxylation sites is 2. The molecule has 1 heterocycles. The van der Waals surface area contributed by atoms with Crippen LogP contribution in [0.15, 0.2) is 53.4 Å². The molecule has 0 atom stereocenters. The van der Waals surface area contributed by atoms with E-state index in [9.17, 15) is 9.59 Å². The van der Waals surface area contributed by atoms with Crippen molar-refractivity contribution in [3.63, 3.8) is 0 Å². The molecular weight excluding hydrogens is 358 g/mol. The number of fused-ring (bicyclic) bond motifs is 1. The minimum absolute atomic E-state index is 0.0296. The van der Waals surface area contributed by atoms with Crippen LogP contribution in [-0.4, -0.2) is 49.7 Å². The number of likely N-dealkylation sites (N-methyl/N-ethyl adjacent to an activating group) is 1. The van der Waals surface area contributed by atoms with E-state index in [-0.39, 0.29) is 24.9 Å². The fourth-order valence-corrected chi connectivity index (χ4v) is 3.90. The van der Waals surface area contributed by atoms with Crippen molar-refractivity contribution in [3.05, 3.63) is 54.1 Å². The number of aryl methyl sites for hydroxylation is 1. The summed E-state index contributed by atoms with van der Waals surface area (Å²) in [7, 11) is 1.80. The van der Waals surface area contributed by atoms with Gasteiger partial charge in [0.2, 0.25) is 11.8 Å². The van der Waals surface area contributed by atoms with Crippen LogP contribution < -0.4 is 10.2 Å². The third-order valence-corrected chi connectivity index (χ3v) is 5.41. The Morgan fingerprint density at radius 1 is 1.11 bits per heavy atom. The number of rotatable bonds is 6. The highest BCUT2D eigenvalue weighted by Gasteiger charge is 2.23. The van der Waals surface area contributed by atoms with Gasteiger partial charge in [-0.2, -0.15) is 0 Å². The maximum Gasteiger partial charge on any atom is 0.241 e. The second kappa shape index (κ2) is 9.06. The number of nitrogens with one attached hydrogen (secondary N) is 1. The Bertz CT molecular complexity index is 825. The van der Waals surface area contributed by atoms with Crippen LogP contribution in [0, 0.1) is 0 Å². The molecule has 0 aromatic heterocycles. The van der Waals surface area contributed by atoms with Gasteiger partial charge in [-0.3, -0.25) is 14.5 Å². The van der Waals surface area contributed by atoms with E-state index in [1.54, 1.807) is 23.7 Å². The molecule has 0 saturated carbocycles. The van der Waals surface area contributed by atoms with Gasteiger partial charge in [0.15, 0.2) is 0 Å². The number of thioether (sulfide) groups is 1. The van der Waals surface area contributed by atoms with E-state index in [4.69, 9.17) is 0 Å². The van der Waals surface area contributed by atoms with Crippen molar-refractivity contribution in [2.24, 2.45) is 0 Å². The summed E-state index contributed by atoms with van der Waals surface area (Å²) in [4.78, 5) is 29.7. The molecule has 1 aliphatic heterocycles. The average Bonchev–Trinajstić information content (AvgIpc) is 2.67. The fraction of sp³-hybridized carbons (Fsp3) is 0.333. The standard InChI is InChI=1S/C21H25N3O2S/c1-23(14-20(25)22-17-10-4-6-12-19(17)27-2)15-21(26)24-13-7-9-16-8-3-5-11-18(16)24/h3-6,8,10-12H,7,9,13-15H2,1-2H3,(H,22,25). The van der Waals surface area contributed by atoms with Crippen molar-refractivity contribution in [2.75, 3.05) is 43.2 Å². The average molecular weight is 384 g/mol. The molecular formula is C21H25N3O2S. The number of amides is 2. The SMILES string of the molecule is CSc1ccccc1NC(=O)CN(C)CC(=O)N1CCCc2ccccc21. The van der Waals surface area contributed by atoms with E-state index < -0.39 is 0 Å². The lowest BCUT2D eigenvalue weighted by molar-refractivity contribution is -0.121. The first kappa shape index (κ1) is 19.5. The Morgan fingerprint density at radius 3 is 2.67 bits per heavy atom. The molecule has 0 saturated heterocycles. The van der Waals surface area contributed by atoms with Gasteiger partial charge in [0.05, 0.1) is 18.8 Å². The molecule has 6 heteroatoms. The van der Waals surface area contributed by atoms with Crippen LogP contribution in [0.5, 0.6) is 0 Å². The van der Waals surface area contributed by atoms with Crippen molar-refractivity contribution in [1.82, 2.24) is 4.90 Å².